The van der Waals surface area contributed by atoms with Gasteiger partial charge in [-0.15, -0.1) is 0 Å². The zero-order chi connectivity index (χ0) is 17.1. The summed E-state index contributed by atoms with van der Waals surface area (Å²) in [4.78, 5) is 18.5. The SMILES string of the molecule is C[C@H](c1ccccn1)N(C)C(=O)c1ccn(-c2ccccc2F)n1. The van der Waals surface area contributed by atoms with Crippen LogP contribution in [0.4, 0.5) is 4.39 Å². The van der Waals surface area contributed by atoms with E-state index in [-0.39, 0.29) is 17.6 Å². The van der Waals surface area contributed by atoms with Crippen molar-refractivity contribution in [1.82, 2.24) is 19.7 Å². The molecule has 0 fully saturated rings. The smallest absolute Gasteiger partial charge is 0.274 e. The van der Waals surface area contributed by atoms with E-state index in [1.165, 1.54) is 10.7 Å². The molecular formula is C18H17FN4O. The van der Waals surface area contributed by atoms with Crippen molar-refractivity contribution in [2.75, 3.05) is 7.05 Å². The molecule has 24 heavy (non-hydrogen) atoms. The highest BCUT2D eigenvalue weighted by atomic mass is 19.1. The van der Waals surface area contributed by atoms with Crippen LogP contribution in [0.5, 0.6) is 0 Å². The van der Waals surface area contributed by atoms with Crippen molar-refractivity contribution in [3.63, 3.8) is 0 Å². The first kappa shape index (κ1) is 15.9. The quantitative estimate of drug-likeness (QED) is 0.740. The maximum absolute atomic E-state index is 13.8. The van der Waals surface area contributed by atoms with Gasteiger partial charge in [0.05, 0.1) is 11.7 Å². The number of hydrogen-bond donors (Lipinski definition) is 0. The predicted molar refractivity (Wildman–Crippen MR) is 88.3 cm³/mol. The lowest BCUT2D eigenvalue weighted by atomic mass is 10.2. The minimum absolute atomic E-state index is 0.197. The fourth-order valence-corrected chi connectivity index (χ4v) is 2.39. The Morgan fingerprint density at radius 2 is 1.92 bits per heavy atom. The third-order valence-corrected chi connectivity index (χ3v) is 3.92. The number of pyridine rings is 1. The van der Waals surface area contributed by atoms with E-state index >= 15 is 0 Å². The Bertz CT molecular complexity index is 847. The fraction of sp³-hybridized carbons (Fsp3) is 0.167. The highest BCUT2D eigenvalue weighted by Gasteiger charge is 2.22. The lowest BCUT2D eigenvalue weighted by molar-refractivity contribution is 0.0733. The van der Waals surface area contributed by atoms with Crippen LogP contribution in [-0.4, -0.2) is 32.6 Å². The molecule has 0 aliphatic carbocycles. The molecule has 0 aliphatic heterocycles. The van der Waals surface area contributed by atoms with E-state index in [9.17, 15) is 9.18 Å². The van der Waals surface area contributed by atoms with Crippen LogP contribution in [-0.2, 0) is 0 Å². The molecule has 1 aromatic carbocycles. The van der Waals surface area contributed by atoms with Gasteiger partial charge < -0.3 is 4.90 Å². The normalized spacial score (nSPS) is 12.0. The van der Waals surface area contributed by atoms with E-state index in [1.54, 1.807) is 48.6 Å². The molecule has 3 rings (SSSR count). The Labute approximate surface area is 139 Å². The highest BCUT2D eigenvalue weighted by molar-refractivity contribution is 5.92. The molecule has 6 heteroatoms. The highest BCUT2D eigenvalue weighted by Crippen LogP contribution is 2.19. The second-order valence-corrected chi connectivity index (χ2v) is 5.44. The molecular weight excluding hydrogens is 307 g/mol. The van der Waals surface area contributed by atoms with Crippen molar-refractivity contribution < 1.29 is 9.18 Å². The van der Waals surface area contributed by atoms with Gasteiger partial charge in [-0.2, -0.15) is 5.10 Å². The summed E-state index contributed by atoms with van der Waals surface area (Å²) in [6.07, 6.45) is 3.27. The molecule has 3 aromatic rings. The molecule has 2 heterocycles. The van der Waals surface area contributed by atoms with Crippen molar-refractivity contribution in [3.05, 3.63) is 78.1 Å². The number of benzene rings is 1. The minimum atomic E-state index is -0.394. The maximum atomic E-state index is 13.8. The van der Waals surface area contributed by atoms with Gasteiger partial charge in [0.2, 0.25) is 0 Å². The molecule has 0 spiro atoms. The largest absolute Gasteiger partial charge is 0.332 e. The van der Waals surface area contributed by atoms with Crippen LogP contribution in [0.25, 0.3) is 5.69 Å². The van der Waals surface area contributed by atoms with Gasteiger partial charge in [0, 0.05) is 19.4 Å². The van der Waals surface area contributed by atoms with Gasteiger partial charge in [0.1, 0.15) is 11.5 Å². The van der Waals surface area contributed by atoms with Gasteiger partial charge >= 0.3 is 0 Å². The lowest BCUT2D eigenvalue weighted by Crippen LogP contribution is -2.30. The fourth-order valence-electron chi connectivity index (χ4n) is 2.39. The van der Waals surface area contributed by atoms with Crippen LogP contribution in [0.1, 0.15) is 29.1 Å². The van der Waals surface area contributed by atoms with E-state index in [1.807, 2.05) is 25.1 Å². The molecule has 2 aromatic heterocycles. The van der Waals surface area contributed by atoms with Crippen molar-refractivity contribution in [2.24, 2.45) is 0 Å². The van der Waals surface area contributed by atoms with Crippen molar-refractivity contribution in [2.45, 2.75) is 13.0 Å². The van der Waals surface area contributed by atoms with Crippen LogP contribution in [0, 0.1) is 5.82 Å². The number of rotatable bonds is 4. The standard InChI is InChI=1S/C18H17FN4O/c1-13(15-8-5-6-11-20-15)22(2)18(24)16-10-12-23(21-16)17-9-4-3-7-14(17)19/h3-13H,1-2H3/t13-/m1/s1. The zero-order valence-corrected chi connectivity index (χ0v) is 13.4. The summed E-state index contributed by atoms with van der Waals surface area (Å²) in [5.41, 5.74) is 1.35. The molecule has 0 aliphatic rings. The second-order valence-electron chi connectivity index (χ2n) is 5.44. The Morgan fingerprint density at radius 1 is 1.17 bits per heavy atom. The van der Waals surface area contributed by atoms with Crippen LogP contribution < -0.4 is 0 Å². The van der Waals surface area contributed by atoms with Gasteiger partial charge in [-0.3, -0.25) is 9.78 Å². The van der Waals surface area contributed by atoms with Crippen LogP contribution in [0.2, 0.25) is 0 Å². The average Bonchev–Trinajstić information content (AvgIpc) is 3.11. The van der Waals surface area contributed by atoms with Gasteiger partial charge in [0.25, 0.3) is 5.91 Å². The van der Waals surface area contributed by atoms with E-state index in [2.05, 4.69) is 10.1 Å². The number of carbonyl (C=O) groups is 1. The number of nitrogens with zero attached hydrogens (tertiary/aromatic N) is 4. The van der Waals surface area contributed by atoms with E-state index in [4.69, 9.17) is 0 Å². The molecule has 1 amide bonds. The Kier molecular flexibility index (Phi) is 4.37. The van der Waals surface area contributed by atoms with Gasteiger partial charge in [-0.25, -0.2) is 9.07 Å². The monoisotopic (exact) mass is 324 g/mol. The Balaban J connectivity index is 1.82. The summed E-state index contributed by atoms with van der Waals surface area (Å²) in [6.45, 7) is 1.90. The Hall–Kier alpha value is -3.02. The van der Waals surface area contributed by atoms with Crippen molar-refractivity contribution >= 4 is 5.91 Å². The summed E-state index contributed by atoms with van der Waals surface area (Å²) in [6, 6.07) is 13.2. The third kappa shape index (κ3) is 3.03. The minimum Gasteiger partial charge on any atom is -0.332 e. The molecule has 5 nitrogen and oxygen atoms in total. The molecule has 0 radical (unpaired) electrons. The predicted octanol–water partition coefficient (Wildman–Crippen LogP) is 3.24. The first-order valence-electron chi connectivity index (χ1n) is 7.56. The number of carbonyl (C=O) groups excluding carboxylic acids is 1. The summed E-state index contributed by atoms with van der Waals surface area (Å²) in [7, 11) is 1.70. The van der Waals surface area contributed by atoms with Crippen molar-refractivity contribution in [3.8, 4) is 5.69 Å². The average molecular weight is 324 g/mol. The number of halogens is 1. The van der Waals surface area contributed by atoms with E-state index in [0.717, 1.165) is 5.69 Å². The van der Waals surface area contributed by atoms with Crippen LogP contribution in [0.3, 0.4) is 0 Å². The second kappa shape index (κ2) is 6.62. The van der Waals surface area contributed by atoms with Crippen LogP contribution >= 0.6 is 0 Å². The first-order valence-corrected chi connectivity index (χ1v) is 7.56. The third-order valence-electron chi connectivity index (χ3n) is 3.92. The summed E-state index contributed by atoms with van der Waals surface area (Å²) in [5, 5.41) is 4.20. The number of para-hydroxylation sites is 1. The van der Waals surface area contributed by atoms with Gasteiger partial charge in [-0.1, -0.05) is 18.2 Å². The topological polar surface area (TPSA) is 51.0 Å². The van der Waals surface area contributed by atoms with Gasteiger partial charge in [0.15, 0.2) is 5.69 Å². The summed E-state index contributed by atoms with van der Waals surface area (Å²) in [5.74, 6) is -0.641. The number of hydrogen-bond acceptors (Lipinski definition) is 3. The Morgan fingerprint density at radius 3 is 2.62 bits per heavy atom. The zero-order valence-electron chi connectivity index (χ0n) is 13.4. The molecule has 1 atom stereocenters. The van der Waals surface area contributed by atoms with Gasteiger partial charge in [-0.05, 0) is 37.3 Å². The first-order chi connectivity index (χ1) is 11.6. The van der Waals surface area contributed by atoms with E-state index in [0.29, 0.717) is 5.69 Å². The molecule has 0 unspecified atom stereocenters. The number of aromatic nitrogens is 3. The number of amides is 1. The molecule has 0 saturated carbocycles. The van der Waals surface area contributed by atoms with Crippen LogP contribution in [0.15, 0.2) is 60.9 Å². The summed E-state index contributed by atoms with van der Waals surface area (Å²) < 4.78 is 15.2. The maximum Gasteiger partial charge on any atom is 0.274 e. The lowest BCUT2D eigenvalue weighted by Gasteiger charge is -2.23. The summed E-state index contributed by atoms with van der Waals surface area (Å²) >= 11 is 0. The van der Waals surface area contributed by atoms with E-state index < -0.39 is 5.82 Å². The molecule has 0 saturated heterocycles. The molecule has 0 N–H and O–H groups in total. The molecule has 0 bridgehead atoms. The molecule has 122 valence electrons. The van der Waals surface area contributed by atoms with Crippen molar-refractivity contribution in [1.29, 1.82) is 0 Å².